The van der Waals surface area contributed by atoms with Gasteiger partial charge in [0.1, 0.15) is 66.5 Å². The molecule has 91 heavy (non-hydrogen) atoms. The number of nitrogens with one attached hydrogen (secondary N) is 7. The molecule has 1 heterocycles. The molecule has 1 unspecified atom stereocenters. The van der Waals surface area contributed by atoms with E-state index in [2.05, 4.69) is 37.2 Å². The van der Waals surface area contributed by atoms with Gasteiger partial charge in [-0.1, -0.05) is 109 Å². The highest BCUT2D eigenvalue weighted by Gasteiger charge is 2.43. The van der Waals surface area contributed by atoms with Gasteiger partial charge in [-0.05, 0) is 107 Å². The number of carbonyl (C=O) groups is 13. The zero-order valence-corrected chi connectivity index (χ0v) is 58.5. The number of hydrogen-bond donors (Lipinski definition) is 7. The molecule has 1 aliphatic heterocycles. The number of nitrogens with zero attached hydrogens (tertiary/aromatic N) is 4. The molecule has 1 saturated heterocycles. The standard InChI is InChI=1S/C65H113N11O15/c1-23-45-57(81)66-34-50(78)73(19)47(31-36(5)6)60(84)71-52(39(11)12)65(89)75(21)48(32-37(7)8)58(82)67-42(16)56(80)68-43(17)63(87)74(20)49(33-38(9)10)59(83)70-46(30-35(3)4)64(88)76(22)54(40(13)14)62(86)72-53(61(85)69-45)55(91-44(18)77)41(15)28-26-25-27-29-51(79)90-24-2/h25-26,35-43,45-49,52-55H,23-24,27-34H2,1-22H3,(H,66,81)(H,67,82)(H,68,80)(H,69,85)(H,70,83)(H,71,84)(H,72,86)/b26-25+/t41-,42+,43-,45+,46+,47+,48+,49-,52+,53?,54+,55-/m1/s1. The summed E-state index contributed by atoms with van der Waals surface area (Å²) in [6, 6.07) is -13.0. The summed E-state index contributed by atoms with van der Waals surface area (Å²) in [5.74, 6) is -12.1. The molecule has 1 aliphatic rings. The van der Waals surface area contributed by atoms with Crippen molar-refractivity contribution in [1.82, 2.24) is 56.8 Å². The summed E-state index contributed by atoms with van der Waals surface area (Å²) in [4.78, 5) is 189. The van der Waals surface area contributed by atoms with Crippen LogP contribution in [0.5, 0.6) is 0 Å². The minimum atomic E-state index is -1.74. The predicted octanol–water partition coefficient (Wildman–Crippen LogP) is 3.14. The van der Waals surface area contributed by atoms with Crippen LogP contribution in [0.4, 0.5) is 0 Å². The first-order valence-electron chi connectivity index (χ1n) is 32.4. The maximum absolute atomic E-state index is 15.0. The average Bonchev–Trinajstić information content (AvgIpc) is 1.14. The van der Waals surface area contributed by atoms with E-state index < -0.39 is 168 Å². The van der Waals surface area contributed by atoms with Crippen LogP contribution in [0, 0.1) is 41.4 Å². The Morgan fingerprint density at radius 2 is 0.978 bits per heavy atom. The molecule has 0 aromatic carbocycles. The maximum atomic E-state index is 15.0. The summed E-state index contributed by atoms with van der Waals surface area (Å²) < 4.78 is 10.9. The number of rotatable bonds is 20. The highest BCUT2D eigenvalue weighted by atomic mass is 16.5. The van der Waals surface area contributed by atoms with E-state index in [0.717, 1.165) is 16.7 Å². The van der Waals surface area contributed by atoms with E-state index in [4.69, 9.17) is 9.47 Å². The number of allylic oxidation sites excluding steroid dienone is 2. The monoisotopic (exact) mass is 1290 g/mol. The van der Waals surface area contributed by atoms with Crippen LogP contribution >= 0.6 is 0 Å². The Morgan fingerprint density at radius 1 is 0.505 bits per heavy atom. The van der Waals surface area contributed by atoms with Crippen LogP contribution in [0.3, 0.4) is 0 Å². The number of esters is 2. The fraction of sp³-hybridized carbons (Fsp3) is 0.769. The van der Waals surface area contributed by atoms with E-state index >= 15 is 4.79 Å². The second-order valence-corrected chi connectivity index (χ2v) is 26.6. The van der Waals surface area contributed by atoms with Crippen LogP contribution in [0.1, 0.15) is 176 Å². The van der Waals surface area contributed by atoms with Gasteiger partial charge in [-0.2, -0.15) is 0 Å². The van der Waals surface area contributed by atoms with Gasteiger partial charge in [-0.25, -0.2) is 0 Å². The average molecular weight is 1290 g/mol. The summed E-state index contributed by atoms with van der Waals surface area (Å²) in [6.07, 6.45) is 2.96. The van der Waals surface area contributed by atoms with Crippen molar-refractivity contribution in [3.05, 3.63) is 12.2 Å². The Bertz CT molecular complexity index is 2520. The normalized spacial score (nSPS) is 25.4. The third-order valence-electron chi connectivity index (χ3n) is 15.9. The van der Waals surface area contributed by atoms with Gasteiger partial charge in [-0.3, -0.25) is 62.3 Å². The molecule has 11 amide bonds. The fourth-order valence-electron chi connectivity index (χ4n) is 10.7. The Hall–Kier alpha value is -7.15. The van der Waals surface area contributed by atoms with E-state index in [0.29, 0.717) is 6.42 Å². The summed E-state index contributed by atoms with van der Waals surface area (Å²) in [6.45, 7) is 29.9. The zero-order valence-electron chi connectivity index (χ0n) is 58.5. The van der Waals surface area contributed by atoms with Gasteiger partial charge in [-0.15, -0.1) is 0 Å². The first-order chi connectivity index (χ1) is 42.2. The number of hydrogen-bond acceptors (Lipinski definition) is 15. The van der Waals surface area contributed by atoms with Crippen LogP contribution in [-0.4, -0.2) is 204 Å². The van der Waals surface area contributed by atoms with Crippen molar-refractivity contribution in [2.75, 3.05) is 41.3 Å². The molecular formula is C65H113N11O15. The highest BCUT2D eigenvalue weighted by molar-refractivity contribution is 5.99. The number of carbonyl (C=O) groups excluding carboxylic acids is 13. The lowest BCUT2D eigenvalue weighted by atomic mass is 9.92. The number of likely N-dealkylation sites (N-methyl/N-ethyl adjacent to an activating group) is 4. The lowest BCUT2D eigenvalue weighted by molar-refractivity contribution is -0.155. The summed E-state index contributed by atoms with van der Waals surface area (Å²) in [5.41, 5.74) is 0. The molecule has 1 fully saturated rings. The Labute approximate surface area is 541 Å². The third-order valence-corrected chi connectivity index (χ3v) is 15.9. The first-order valence-corrected chi connectivity index (χ1v) is 32.4. The quantitative estimate of drug-likeness (QED) is 0.0680. The second kappa shape index (κ2) is 39.3. The van der Waals surface area contributed by atoms with E-state index in [-0.39, 0.29) is 75.2 Å². The van der Waals surface area contributed by atoms with Gasteiger partial charge in [0, 0.05) is 41.5 Å². The lowest BCUT2D eigenvalue weighted by Crippen LogP contribution is -2.63. The molecule has 0 aromatic heterocycles. The molecule has 0 bridgehead atoms. The van der Waals surface area contributed by atoms with Crippen LogP contribution < -0.4 is 37.2 Å². The molecule has 0 saturated carbocycles. The Kier molecular flexibility index (Phi) is 35.3. The van der Waals surface area contributed by atoms with E-state index in [1.807, 2.05) is 55.4 Å². The number of amides is 11. The molecule has 7 N–H and O–H groups in total. The molecule has 0 aromatic rings. The van der Waals surface area contributed by atoms with Crippen LogP contribution in [0.2, 0.25) is 0 Å². The van der Waals surface area contributed by atoms with Crippen LogP contribution in [0.15, 0.2) is 12.2 Å². The van der Waals surface area contributed by atoms with Crippen molar-refractivity contribution in [2.45, 2.75) is 243 Å². The lowest BCUT2D eigenvalue weighted by Gasteiger charge is -2.37. The number of ether oxygens (including phenoxy) is 2. The van der Waals surface area contributed by atoms with Crippen molar-refractivity contribution >= 4 is 76.9 Å². The van der Waals surface area contributed by atoms with Crippen molar-refractivity contribution < 1.29 is 71.8 Å². The topological polar surface area (TPSA) is 338 Å². The predicted molar refractivity (Wildman–Crippen MR) is 344 cm³/mol. The van der Waals surface area contributed by atoms with E-state index in [1.54, 1.807) is 60.6 Å². The molecule has 26 heteroatoms. The Morgan fingerprint density at radius 3 is 1.46 bits per heavy atom. The summed E-state index contributed by atoms with van der Waals surface area (Å²) >= 11 is 0. The zero-order chi connectivity index (χ0) is 70.1. The fourth-order valence-corrected chi connectivity index (χ4v) is 10.7. The minimum Gasteiger partial charge on any atom is -0.466 e. The van der Waals surface area contributed by atoms with Crippen molar-refractivity contribution in [3.63, 3.8) is 0 Å². The van der Waals surface area contributed by atoms with Gasteiger partial charge in [0.15, 0.2) is 0 Å². The highest BCUT2D eigenvalue weighted by Crippen LogP contribution is 2.23. The minimum absolute atomic E-state index is 0.0553. The largest absolute Gasteiger partial charge is 0.466 e. The smallest absolute Gasteiger partial charge is 0.306 e. The van der Waals surface area contributed by atoms with E-state index in [9.17, 15) is 57.5 Å². The van der Waals surface area contributed by atoms with Crippen molar-refractivity contribution in [3.8, 4) is 0 Å². The molecule has 518 valence electrons. The van der Waals surface area contributed by atoms with E-state index in [1.165, 1.54) is 51.8 Å². The second-order valence-electron chi connectivity index (χ2n) is 26.6. The maximum Gasteiger partial charge on any atom is 0.306 e. The molecule has 26 nitrogen and oxygen atoms in total. The summed E-state index contributed by atoms with van der Waals surface area (Å²) in [7, 11) is 5.56. The first kappa shape index (κ1) is 81.9. The molecule has 0 spiro atoms. The molecule has 0 radical (unpaired) electrons. The van der Waals surface area contributed by atoms with Gasteiger partial charge in [0.05, 0.1) is 13.2 Å². The van der Waals surface area contributed by atoms with Gasteiger partial charge >= 0.3 is 11.9 Å². The molecule has 12 atom stereocenters. The molecule has 1 rings (SSSR count). The van der Waals surface area contributed by atoms with Gasteiger partial charge in [0.2, 0.25) is 65.0 Å². The molecular weight excluding hydrogens is 1170 g/mol. The van der Waals surface area contributed by atoms with Gasteiger partial charge in [0.25, 0.3) is 0 Å². The van der Waals surface area contributed by atoms with Crippen molar-refractivity contribution in [1.29, 1.82) is 0 Å². The summed E-state index contributed by atoms with van der Waals surface area (Å²) in [5, 5.41) is 19.0. The molecule has 0 aliphatic carbocycles. The van der Waals surface area contributed by atoms with Crippen LogP contribution in [0.25, 0.3) is 0 Å². The van der Waals surface area contributed by atoms with Crippen molar-refractivity contribution in [2.24, 2.45) is 41.4 Å². The van der Waals surface area contributed by atoms with Crippen LogP contribution in [-0.2, 0) is 71.8 Å². The Balaban J connectivity index is 4.31. The van der Waals surface area contributed by atoms with Gasteiger partial charge < -0.3 is 66.3 Å². The SMILES string of the molecule is CCOC(=O)CC/C=C/C[C@@H](C)[C@@H](OC(C)=O)C1NC(=O)[C@H](C(C)C)N(C)C(=O)[C@H](CC(C)C)NC(=O)[C@@H](CC(C)C)N(C)C(=O)[C@@H](C)NC(=O)[C@H](C)NC(=O)[C@H](CC(C)C)N(C)C(=O)[C@H](C(C)C)NC(=O)[C@H](CC(C)C)N(C)C(=O)CNC(=O)[C@H](CC)NC1=O. The third kappa shape index (κ3) is 26.5.